The number of amides is 1. The number of piperidine rings is 1. The number of fused-ring (bicyclic) bond motifs is 1. The maximum atomic E-state index is 13.5. The molecule has 1 aromatic heterocycles. The van der Waals surface area contributed by atoms with Crippen molar-refractivity contribution < 1.29 is 22.7 Å². The highest BCUT2D eigenvalue weighted by Crippen LogP contribution is 2.39. The van der Waals surface area contributed by atoms with Crippen LogP contribution in [0.15, 0.2) is 39.9 Å². The minimum Gasteiger partial charge on any atom is -0.486 e. The third kappa shape index (κ3) is 3.94. The number of carbonyl (C=O) groups excluding carboxylic acids is 1. The topological polar surface area (TPSA) is 76.2 Å². The number of benzene rings is 1. The maximum Gasteiger partial charge on any atom is 0.252 e. The number of sulfonamides is 1. The standard InChI is InChI=1S/C22H26N2O5S2/c25-22(17-4-1-9-23(15-17)31(26,27)21-6-3-13-30-21)24-10-2-5-18(24)16-7-8-19-20(14-16)29-12-11-28-19/h3,6-8,13-14,17-18H,1-2,4-5,9-12,15H2/t17-,18+/m0/s1. The van der Waals surface area contributed by atoms with Gasteiger partial charge in [-0.25, -0.2) is 8.42 Å². The first-order valence-electron chi connectivity index (χ1n) is 10.8. The largest absolute Gasteiger partial charge is 0.486 e. The summed E-state index contributed by atoms with van der Waals surface area (Å²) >= 11 is 1.22. The number of hydrogen-bond donors (Lipinski definition) is 0. The zero-order valence-corrected chi connectivity index (χ0v) is 18.9. The molecule has 5 rings (SSSR count). The van der Waals surface area contributed by atoms with E-state index >= 15 is 0 Å². The number of hydrogen-bond acceptors (Lipinski definition) is 6. The summed E-state index contributed by atoms with van der Waals surface area (Å²) in [4.78, 5) is 15.4. The molecule has 9 heteroatoms. The third-order valence-electron chi connectivity index (χ3n) is 6.31. The van der Waals surface area contributed by atoms with Gasteiger partial charge in [0.15, 0.2) is 11.5 Å². The molecular formula is C22H26N2O5S2. The fourth-order valence-corrected chi connectivity index (χ4v) is 7.45. The summed E-state index contributed by atoms with van der Waals surface area (Å²) in [6.07, 6.45) is 3.26. The molecule has 2 saturated heterocycles. The van der Waals surface area contributed by atoms with Gasteiger partial charge in [-0.05, 0) is 54.8 Å². The molecule has 0 unspecified atom stereocenters. The van der Waals surface area contributed by atoms with Crippen LogP contribution in [0.25, 0.3) is 0 Å². The average Bonchev–Trinajstić information content (AvgIpc) is 3.51. The van der Waals surface area contributed by atoms with Crippen molar-refractivity contribution in [3.05, 3.63) is 41.3 Å². The average molecular weight is 463 g/mol. The van der Waals surface area contributed by atoms with E-state index in [0.29, 0.717) is 36.9 Å². The van der Waals surface area contributed by atoms with Crippen molar-refractivity contribution in [3.8, 4) is 11.5 Å². The van der Waals surface area contributed by atoms with Crippen LogP contribution >= 0.6 is 11.3 Å². The SMILES string of the molecule is O=C([C@H]1CCCN(S(=O)(=O)c2cccs2)C1)N1CCC[C@@H]1c1ccc2c(c1)OCCO2. The Morgan fingerprint density at radius 2 is 1.84 bits per heavy atom. The van der Waals surface area contributed by atoms with Gasteiger partial charge in [-0.3, -0.25) is 4.79 Å². The predicted molar refractivity (Wildman–Crippen MR) is 117 cm³/mol. The number of carbonyl (C=O) groups is 1. The van der Waals surface area contributed by atoms with Gasteiger partial charge in [0, 0.05) is 19.6 Å². The summed E-state index contributed by atoms with van der Waals surface area (Å²) in [7, 11) is -3.53. The van der Waals surface area contributed by atoms with E-state index in [1.165, 1.54) is 15.6 Å². The van der Waals surface area contributed by atoms with E-state index < -0.39 is 10.0 Å². The molecule has 7 nitrogen and oxygen atoms in total. The molecule has 0 N–H and O–H groups in total. The van der Waals surface area contributed by atoms with Crippen molar-refractivity contribution in [2.75, 3.05) is 32.8 Å². The lowest BCUT2D eigenvalue weighted by Gasteiger charge is -2.35. The lowest BCUT2D eigenvalue weighted by molar-refractivity contribution is -0.137. The summed E-state index contributed by atoms with van der Waals surface area (Å²) in [6, 6.07) is 9.28. The molecule has 2 atom stereocenters. The summed E-state index contributed by atoms with van der Waals surface area (Å²) in [5, 5.41) is 1.77. The molecule has 0 bridgehead atoms. The van der Waals surface area contributed by atoms with Crippen molar-refractivity contribution in [2.45, 2.75) is 35.9 Å². The number of likely N-dealkylation sites (tertiary alicyclic amines) is 1. The smallest absolute Gasteiger partial charge is 0.252 e. The minimum atomic E-state index is -3.53. The van der Waals surface area contributed by atoms with E-state index in [2.05, 4.69) is 0 Å². The van der Waals surface area contributed by atoms with E-state index in [-0.39, 0.29) is 24.4 Å². The molecule has 0 spiro atoms. The van der Waals surface area contributed by atoms with Crippen molar-refractivity contribution in [1.29, 1.82) is 0 Å². The fourth-order valence-electron chi connectivity index (χ4n) is 4.78. The Kier molecular flexibility index (Phi) is 5.66. The molecule has 166 valence electrons. The molecule has 2 fully saturated rings. The van der Waals surface area contributed by atoms with Crippen LogP contribution in [0.3, 0.4) is 0 Å². The summed E-state index contributed by atoms with van der Waals surface area (Å²) < 4.78 is 39.1. The monoisotopic (exact) mass is 462 g/mol. The summed E-state index contributed by atoms with van der Waals surface area (Å²) in [6.45, 7) is 2.50. The van der Waals surface area contributed by atoms with Crippen LogP contribution in [-0.2, 0) is 14.8 Å². The fraction of sp³-hybridized carbons (Fsp3) is 0.500. The molecule has 1 amide bonds. The number of thiophene rings is 1. The Morgan fingerprint density at radius 1 is 1.03 bits per heavy atom. The molecule has 0 aliphatic carbocycles. The highest BCUT2D eigenvalue weighted by atomic mass is 32.2. The highest BCUT2D eigenvalue weighted by molar-refractivity contribution is 7.91. The van der Waals surface area contributed by atoms with Gasteiger partial charge in [-0.2, -0.15) is 4.31 Å². The van der Waals surface area contributed by atoms with E-state index in [1.807, 2.05) is 23.1 Å². The second kappa shape index (κ2) is 8.44. The first kappa shape index (κ1) is 20.8. The Bertz CT molecular complexity index is 1050. The van der Waals surface area contributed by atoms with Gasteiger partial charge in [0.2, 0.25) is 5.91 Å². The van der Waals surface area contributed by atoms with Crippen molar-refractivity contribution >= 4 is 27.3 Å². The highest BCUT2D eigenvalue weighted by Gasteiger charge is 2.39. The van der Waals surface area contributed by atoms with Crippen molar-refractivity contribution in [2.24, 2.45) is 5.92 Å². The van der Waals surface area contributed by atoms with Crippen LogP contribution in [-0.4, -0.2) is 56.4 Å². The van der Waals surface area contributed by atoms with E-state index in [0.717, 1.165) is 36.3 Å². The van der Waals surface area contributed by atoms with Gasteiger partial charge in [0.25, 0.3) is 10.0 Å². The minimum absolute atomic E-state index is 0.00685. The van der Waals surface area contributed by atoms with E-state index in [9.17, 15) is 13.2 Å². The maximum absolute atomic E-state index is 13.5. The molecule has 4 heterocycles. The van der Waals surface area contributed by atoms with E-state index in [1.54, 1.807) is 17.5 Å². The van der Waals surface area contributed by atoms with Gasteiger partial charge in [0.1, 0.15) is 17.4 Å². The molecule has 2 aromatic rings. The van der Waals surface area contributed by atoms with Gasteiger partial charge >= 0.3 is 0 Å². The summed E-state index contributed by atoms with van der Waals surface area (Å²) in [5.41, 5.74) is 1.05. The van der Waals surface area contributed by atoms with Crippen LogP contribution in [0.5, 0.6) is 11.5 Å². The quantitative estimate of drug-likeness (QED) is 0.697. The number of rotatable bonds is 4. The second-order valence-corrected chi connectivity index (χ2v) is 11.3. The summed E-state index contributed by atoms with van der Waals surface area (Å²) in [5.74, 6) is 1.23. The van der Waals surface area contributed by atoms with Crippen LogP contribution in [0.4, 0.5) is 0 Å². The Hall–Kier alpha value is -2.10. The molecular weight excluding hydrogens is 436 g/mol. The Balaban J connectivity index is 1.33. The number of nitrogens with zero attached hydrogens (tertiary/aromatic N) is 2. The predicted octanol–water partition coefficient (Wildman–Crippen LogP) is 3.28. The van der Waals surface area contributed by atoms with Crippen LogP contribution in [0.2, 0.25) is 0 Å². The van der Waals surface area contributed by atoms with Crippen LogP contribution in [0.1, 0.15) is 37.3 Å². The lowest BCUT2D eigenvalue weighted by atomic mass is 9.96. The first-order valence-corrected chi connectivity index (χ1v) is 13.1. The molecule has 0 saturated carbocycles. The zero-order chi connectivity index (χ0) is 21.4. The zero-order valence-electron chi connectivity index (χ0n) is 17.2. The van der Waals surface area contributed by atoms with Crippen molar-refractivity contribution in [1.82, 2.24) is 9.21 Å². The van der Waals surface area contributed by atoms with Crippen molar-refractivity contribution in [3.63, 3.8) is 0 Å². The first-order chi connectivity index (χ1) is 15.0. The molecule has 3 aliphatic heterocycles. The molecule has 0 radical (unpaired) electrons. The van der Waals surface area contributed by atoms with Crippen LogP contribution in [0, 0.1) is 5.92 Å². The molecule has 31 heavy (non-hydrogen) atoms. The lowest BCUT2D eigenvalue weighted by Crippen LogP contribution is -2.46. The van der Waals surface area contributed by atoms with Gasteiger partial charge < -0.3 is 14.4 Å². The van der Waals surface area contributed by atoms with Gasteiger partial charge in [0.05, 0.1) is 12.0 Å². The number of ether oxygens (including phenoxy) is 2. The second-order valence-electron chi connectivity index (χ2n) is 8.23. The van der Waals surface area contributed by atoms with Crippen LogP contribution < -0.4 is 9.47 Å². The Labute approximate surface area is 186 Å². The molecule has 3 aliphatic rings. The molecule has 1 aromatic carbocycles. The third-order valence-corrected chi connectivity index (χ3v) is 9.55. The normalized spacial score (nSPS) is 24.3. The van der Waals surface area contributed by atoms with Gasteiger partial charge in [-0.1, -0.05) is 12.1 Å². The Morgan fingerprint density at radius 3 is 2.65 bits per heavy atom. The van der Waals surface area contributed by atoms with Gasteiger partial charge in [-0.15, -0.1) is 11.3 Å². The van der Waals surface area contributed by atoms with E-state index in [4.69, 9.17) is 9.47 Å².